The number of aromatic nitrogens is 5. The number of hydrogen-bond acceptors (Lipinski definition) is 5. The van der Waals surface area contributed by atoms with Crippen molar-refractivity contribution < 1.29 is 14.3 Å². The average Bonchev–Trinajstić information content (AvgIpc) is 2.84. The molecule has 21 heavy (non-hydrogen) atoms. The van der Waals surface area contributed by atoms with Crippen LogP contribution < -0.4 is 0 Å². The van der Waals surface area contributed by atoms with Crippen LogP contribution in [0.25, 0.3) is 11.5 Å². The summed E-state index contributed by atoms with van der Waals surface area (Å²) in [6.07, 6.45) is 0.945. The summed E-state index contributed by atoms with van der Waals surface area (Å²) >= 11 is 0. The van der Waals surface area contributed by atoms with Crippen molar-refractivity contribution >= 4 is 5.97 Å². The molecule has 0 amide bonds. The monoisotopic (exact) mass is 293 g/mol. The minimum absolute atomic E-state index is 0.122. The molecule has 0 aromatic carbocycles. The Balaban J connectivity index is 2.46. The number of carbonyl (C=O) groups is 1. The van der Waals surface area contributed by atoms with Gasteiger partial charge in [-0.15, -0.1) is 5.10 Å². The van der Waals surface area contributed by atoms with E-state index in [9.17, 15) is 9.18 Å². The number of carboxylic acids is 1. The molecule has 8 heteroatoms. The quantitative estimate of drug-likeness (QED) is 0.925. The maximum Gasteiger partial charge on any atom is 0.305 e. The molecule has 112 valence electrons. The van der Waals surface area contributed by atoms with Gasteiger partial charge < -0.3 is 5.11 Å². The number of aliphatic carboxylic acids is 1. The van der Waals surface area contributed by atoms with Gasteiger partial charge in [-0.2, -0.15) is 0 Å². The Bertz CT molecular complexity index is 633. The Labute approximate surface area is 120 Å². The van der Waals surface area contributed by atoms with Crippen LogP contribution in [-0.2, 0) is 4.79 Å². The number of nitrogens with zero attached hydrogens (tertiary/aromatic N) is 5. The smallest absolute Gasteiger partial charge is 0.305 e. The SMILES string of the molecule is CC(C)(C)C(CC(=O)O)n1nnnc1-c1ccc(F)cn1. The minimum Gasteiger partial charge on any atom is -0.481 e. The summed E-state index contributed by atoms with van der Waals surface area (Å²) < 4.78 is 14.4. The molecule has 0 saturated carbocycles. The molecule has 1 unspecified atom stereocenters. The van der Waals surface area contributed by atoms with Gasteiger partial charge in [-0.05, 0) is 28.0 Å². The lowest BCUT2D eigenvalue weighted by molar-refractivity contribution is -0.138. The van der Waals surface area contributed by atoms with E-state index in [1.54, 1.807) is 0 Å². The highest BCUT2D eigenvalue weighted by molar-refractivity contribution is 5.67. The van der Waals surface area contributed by atoms with Crippen LogP contribution >= 0.6 is 0 Å². The summed E-state index contributed by atoms with van der Waals surface area (Å²) in [7, 11) is 0. The third kappa shape index (κ3) is 3.39. The molecule has 2 heterocycles. The van der Waals surface area contributed by atoms with Gasteiger partial charge in [-0.1, -0.05) is 20.8 Å². The fourth-order valence-corrected chi connectivity index (χ4v) is 2.01. The van der Waals surface area contributed by atoms with Crippen molar-refractivity contribution in [1.82, 2.24) is 25.2 Å². The molecule has 0 aliphatic carbocycles. The van der Waals surface area contributed by atoms with Crippen LogP contribution in [0.4, 0.5) is 4.39 Å². The van der Waals surface area contributed by atoms with Crippen LogP contribution in [0.2, 0.25) is 0 Å². The molecule has 0 spiro atoms. The molecule has 7 nitrogen and oxygen atoms in total. The van der Waals surface area contributed by atoms with Gasteiger partial charge >= 0.3 is 5.97 Å². The third-order valence-electron chi connectivity index (χ3n) is 3.11. The number of pyridine rings is 1. The van der Waals surface area contributed by atoms with E-state index in [4.69, 9.17) is 5.11 Å². The predicted octanol–water partition coefficient (Wildman–Crippen LogP) is 1.94. The van der Waals surface area contributed by atoms with Crippen molar-refractivity contribution in [2.24, 2.45) is 5.41 Å². The first-order chi connectivity index (χ1) is 9.79. The van der Waals surface area contributed by atoms with Crippen molar-refractivity contribution in [3.63, 3.8) is 0 Å². The summed E-state index contributed by atoms with van der Waals surface area (Å²) in [6, 6.07) is 2.26. The molecule has 1 atom stereocenters. The molecule has 0 aliphatic rings. The Morgan fingerprint density at radius 2 is 2.14 bits per heavy atom. The Kier molecular flexibility index (Phi) is 3.97. The second-order valence-corrected chi connectivity index (χ2v) is 5.79. The molecule has 0 fully saturated rings. The number of carboxylic acid groups (broad SMARTS) is 1. The molecule has 0 bridgehead atoms. The van der Waals surface area contributed by atoms with E-state index in [-0.39, 0.29) is 11.8 Å². The van der Waals surface area contributed by atoms with Crippen molar-refractivity contribution in [3.8, 4) is 11.5 Å². The van der Waals surface area contributed by atoms with Gasteiger partial charge in [-0.3, -0.25) is 4.79 Å². The summed E-state index contributed by atoms with van der Waals surface area (Å²) in [5, 5.41) is 20.5. The lowest BCUT2D eigenvalue weighted by Crippen LogP contribution is -2.28. The van der Waals surface area contributed by atoms with Gasteiger partial charge in [-0.25, -0.2) is 14.1 Å². The molecule has 0 radical (unpaired) electrons. The largest absolute Gasteiger partial charge is 0.481 e. The van der Waals surface area contributed by atoms with Gasteiger partial charge in [0.15, 0.2) is 0 Å². The Hall–Kier alpha value is -2.38. The van der Waals surface area contributed by atoms with Gasteiger partial charge in [0.2, 0.25) is 5.82 Å². The van der Waals surface area contributed by atoms with Crippen LogP contribution in [0.15, 0.2) is 18.3 Å². The standard InChI is InChI=1S/C13H16FN5O2/c1-13(2,3)10(6-11(20)21)19-12(16-17-18-19)9-5-4-8(14)7-15-9/h4-5,7,10H,6H2,1-3H3,(H,20,21). The molecular formula is C13H16FN5O2. The van der Waals surface area contributed by atoms with Crippen LogP contribution in [-0.4, -0.2) is 36.3 Å². The van der Waals surface area contributed by atoms with E-state index in [0.29, 0.717) is 11.5 Å². The zero-order valence-corrected chi connectivity index (χ0v) is 12.0. The topological polar surface area (TPSA) is 93.8 Å². The minimum atomic E-state index is -0.941. The zero-order chi connectivity index (χ0) is 15.6. The lowest BCUT2D eigenvalue weighted by Gasteiger charge is -2.29. The first kappa shape index (κ1) is 15.0. The molecule has 0 aliphatic heterocycles. The summed E-state index contributed by atoms with van der Waals surface area (Å²) in [5.41, 5.74) is 0.0174. The summed E-state index contributed by atoms with van der Waals surface area (Å²) in [5.74, 6) is -1.09. The van der Waals surface area contributed by atoms with E-state index < -0.39 is 17.8 Å². The van der Waals surface area contributed by atoms with Crippen molar-refractivity contribution in [2.75, 3.05) is 0 Å². The number of halogens is 1. The number of tetrazole rings is 1. The first-order valence-corrected chi connectivity index (χ1v) is 6.40. The zero-order valence-electron chi connectivity index (χ0n) is 12.0. The summed E-state index contributed by atoms with van der Waals surface area (Å²) in [4.78, 5) is 15.0. The Morgan fingerprint density at radius 3 is 2.67 bits per heavy atom. The molecular weight excluding hydrogens is 277 g/mol. The number of hydrogen-bond donors (Lipinski definition) is 1. The van der Waals surface area contributed by atoms with E-state index in [1.807, 2.05) is 20.8 Å². The predicted molar refractivity (Wildman–Crippen MR) is 71.8 cm³/mol. The maximum atomic E-state index is 13.0. The summed E-state index contributed by atoms with van der Waals surface area (Å²) in [6.45, 7) is 5.72. The van der Waals surface area contributed by atoms with Crippen molar-refractivity contribution in [3.05, 3.63) is 24.1 Å². The van der Waals surface area contributed by atoms with E-state index in [0.717, 1.165) is 6.20 Å². The molecule has 1 N–H and O–H groups in total. The second kappa shape index (κ2) is 5.55. The molecule has 2 aromatic heterocycles. The molecule has 0 saturated heterocycles. The highest BCUT2D eigenvalue weighted by Crippen LogP contribution is 2.34. The second-order valence-electron chi connectivity index (χ2n) is 5.79. The van der Waals surface area contributed by atoms with Crippen LogP contribution in [0.5, 0.6) is 0 Å². The van der Waals surface area contributed by atoms with Crippen molar-refractivity contribution in [1.29, 1.82) is 0 Å². The maximum absolute atomic E-state index is 13.0. The van der Waals surface area contributed by atoms with E-state index in [1.165, 1.54) is 16.8 Å². The van der Waals surface area contributed by atoms with E-state index in [2.05, 4.69) is 20.5 Å². The highest BCUT2D eigenvalue weighted by atomic mass is 19.1. The fourth-order valence-electron chi connectivity index (χ4n) is 2.01. The number of rotatable bonds is 4. The van der Waals surface area contributed by atoms with Gasteiger partial charge in [0, 0.05) is 0 Å². The first-order valence-electron chi connectivity index (χ1n) is 6.40. The normalized spacial score (nSPS) is 13.1. The van der Waals surface area contributed by atoms with Crippen LogP contribution in [0.1, 0.15) is 33.2 Å². The van der Waals surface area contributed by atoms with Crippen LogP contribution in [0, 0.1) is 11.2 Å². The highest BCUT2D eigenvalue weighted by Gasteiger charge is 2.32. The van der Waals surface area contributed by atoms with E-state index >= 15 is 0 Å². The molecule has 2 rings (SSSR count). The fraction of sp³-hybridized carbons (Fsp3) is 0.462. The van der Waals surface area contributed by atoms with Gasteiger partial charge in [0.25, 0.3) is 0 Å². The average molecular weight is 293 g/mol. The third-order valence-corrected chi connectivity index (χ3v) is 3.11. The Morgan fingerprint density at radius 1 is 1.43 bits per heavy atom. The van der Waals surface area contributed by atoms with Gasteiger partial charge in [0.05, 0.1) is 18.7 Å². The van der Waals surface area contributed by atoms with Crippen molar-refractivity contribution in [2.45, 2.75) is 33.2 Å². The lowest BCUT2D eigenvalue weighted by atomic mass is 9.84. The molecule has 2 aromatic rings. The van der Waals surface area contributed by atoms with Gasteiger partial charge in [0.1, 0.15) is 11.5 Å². The van der Waals surface area contributed by atoms with Crippen LogP contribution in [0.3, 0.4) is 0 Å².